The van der Waals surface area contributed by atoms with Crippen molar-refractivity contribution in [1.82, 2.24) is 0 Å². The smallest absolute Gasteiger partial charge is 0.256 e. The van der Waals surface area contributed by atoms with Crippen LogP contribution in [0.1, 0.15) is 229 Å². The van der Waals surface area contributed by atoms with Gasteiger partial charge in [-0.3, -0.25) is 0 Å². The molecule has 2 aromatic carbocycles. The van der Waals surface area contributed by atoms with E-state index in [1.165, 1.54) is 100 Å². The zero-order chi connectivity index (χ0) is 53.7. The maximum Gasteiger partial charge on any atom is 0.256 e. The van der Waals surface area contributed by atoms with Gasteiger partial charge in [0.25, 0.3) is 6.71 Å². The third-order valence-electron chi connectivity index (χ3n) is 22.5. The molecule has 8 aliphatic carbocycles. The van der Waals surface area contributed by atoms with Crippen molar-refractivity contribution in [2.24, 2.45) is 21.7 Å². The molecule has 2 aliphatic heterocycles. The van der Waals surface area contributed by atoms with Gasteiger partial charge in [-0.1, -0.05) is 183 Å². The Bertz CT molecular complexity index is 3290. The highest BCUT2D eigenvalue weighted by Gasteiger charge is 2.56. The molecule has 0 saturated heterocycles. The van der Waals surface area contributed by atoms with Crippen LogP contribution in [-0.4, -0.2) is 18.8 Å². The lowest BCUT2D eigenvalue weighted by atomic mass is 9.32. The van der Waals surface area contributed by atoms with Crippen LogP contribution in [0.5, 0.6) is 0 Å². The molecule has 398 valence electrons. The molecule has 0 fully saturated rings. The van der Waals surface area contributed by atoms with Gasteiger partial charge in [-0.15, -0.1) is 0 Å². The van der Waals surface area contributed by atoms with E-state index in [0.717, 1.165) is 57.3 Å². The van der Waals surface area contributed by atoms with Gasteiger partial charge in [0, 0.05) is 22.5 Å². The van der Waals surface area contributed by atoms with Crippen LogP contribution in [0.4, 0.5) is 22.9 Å². The second-order valence-electron chi connectivity index (χ2n) is 31.2. The summed E-state index contributed by atoms with van der Waals surface area (Å²) in [5.74, 6) is 2.35. The van der Waals surface area contributed by atoms with E-state index in [0.29, 0.717) is 0 Å². The number of hydrogen-bond donors (Lipinski definition) is 0. The number of anilines is 4. The molecular weight excluding hydrogens is 920 g/mol. The van der Waals surface area contributed by atoms with Crippen molar-refractivity contribution in [3.8, 4) is 0 Å². The fourth-order valence-electron chi connectivity index (χ4n) is 17.0. The molecule has 2 unspecified atom stereocenters. The molecule has 1 aromatic heterocycles. The Kier molecular flexibility index (Phi) is 11.0. The van der Waals surface area contributed by atoms with Crippen LogP contribution in [0.2, 0.25) is 0 Å². The molecule has 10 aliphatic rings. The number of fused-ring (bicyclic) bond motifs is 7. The third kappa shape index (κ3) is 7.45. The number of nitrogens with zero attached hydrogens (tertiary/aromatic N) is 2. The molecule has 2 atom stereocenters. The molecule has 0 N–H and O–H groups in total. The van der Waals surface area contributed by atoms with Crippen molar-refractivity contribution in [3.63, 3.8) is 0 Å². The Morgan fingerprint density at radius 1 is 0.513 bits per heavy atom. The predicted octanol–water partition coefficient (Wildman–Crippen LogP) is 17.7. The number of furan rings is 1. The lowest BCUT2D eigenvalue weighted by Crippen LogP contribution is -2.65. The Balaban J connectivity index is 1.16. The minimum atomic E-state index is -0.0951. The Morgan fingerprint density at radius 2 is 1.05 bits per heavy atom. The zero-order valence-electron chi connectivity index (χ0n) is 49.9. The molecule has 0 radical (unpaired) electrons. The van der Waals surface area contributed by atoms with Crippen LogP contribution in [0, 0.1) is 21.7 Å². The summed E-state index contributed by atoms with van der Waals surface area (Å²) in [5.41, 5.74) is 26.1. The average molecular weight is 1010 g/mol. The summed E-state index contributed by atoms with van der Waals surface area (Å²) < 4.78 is 7.96. The summed E-state index contributed by atoms with van der Waals surface area (Å²) in [6, 6.07) is 11.2. The maximum absolute atomic E-state index is 7.96. The standard InChI is InChI=1S/C72H91BN2O/c1-65(2)29-30-66(3,4)50-39-47(27-28-49(50)65)74-58-37-46(44-23-19-17-20-24-44)38-59-61(58)73(62-60-63(76-64(62)74)72(15,16)36-35-71(60,13)14)55-41-52-54(70(11,12)34-32-68(52,7)8)43-57(55)75(59)56-42-53-51(67(5,6)31-33-69(53,9)10)40-48(56)45-25-21-18-22-26-45/h17-19,21,23,25,27-28,37-38,40-41,43,47,56H,20,22,24,26,29-36,39,42H2,1-16H3. The highest BCUT2D eigenvalue weighted by molar-refractivity contribution is 7.00. The van der Waals surface area contributed by atoms with E-state index in [2.05, 4.69) is 200 Å². The fraction of sp³-hybridized carbons (Fsp3) is 0.556. The summed E-state index contributed by atoms with van der Waals surface area (Å²) in [6.07, 6.45) is 38.2. The van der Waals surface area contributed by atoms with Crippen LogP contribution in [0.3, 0.4) is 0 Å². The largest absolute Gasteiger partial charge is 0.445 e. The van der Waals surface area contributed by atoms with Gasteiger partial charge >= 0.3 is 0 Å². The van der Waals surface area contributed by atoms with E-state index in [9.17, 15) is 0 Å². The first kappa shape index (κ1) is 50.8. The molecule has 0 amide bonds. The first-order valence-corrected chi connectivity index (χ1v) is 30.4. The average Bonchev–Trinajstić information content (AvgIpc) is 3.95. The topological polar surface area (TPSA) is 19.6 Å². The summed E-state index contributed by atoms with van der Waals surface area (Å²) >= 11 is 0. The van der Waals surface area contributed by atoms with Crippen molar-refractivity contribution >= 4 is 51.6 Å². The lowest BCUT2D eigenvalue weighted by molar-refractivity contribution is 0.255. The van der Waals surface area contributed by atoms with Crippen molar-refractivity contribution in [2.45, 2.75) is 234 Å². The number of allylic oxidation sites excluding steroid dienone is 11. The maximum atomic E-state index is 7.96. The minimum absolute atomic E-state index is 0.0173. The van der Waals surface area contributed by atoms with Gasteiger partial charge in [-0.05, 0) is 213 Å². The molecule has 3 aromatic rings. The van der Waals surface area contributed by atoms with Crippen LogP contribution in [0.15, 0.2) is 117 Å². The van der Waals surface area contributed by atoms with E-state index in [1.807, 2.05) is 0 Å². The van der Waals surface area contributed by atoms with E-state index in [4.69, 9.17) is 4.42 Å². The van der Waals surface area contributed by atoms with Crippen molar-refractivity contribution < 1.29 is 4.42 Å². The Morgan fingerprint density at radius 3 is 1.68 bits per heavy atom. The van der Waals surface area contributed by atoms with Crippen molar-refractivity contribution in [3.05, 3.63) is 140 Å². The molecule has 0 saturated carbocycles. The first-order chi connectivity index (χ1) is 35.6. The molecule has 0 bridgehead atoms. The quantitative estimate of drug-likeness (QED) is 0.243. The predicted molar refractivity (Wildman–Crippen MR) is 326 cm³/mol. The highest BCUT2D eigenvalue weighted by Crippen LogP contribution is 2.59. The van der Waals surface area contributed by atoms with Gasteiger partial charge < -0.3 is 14.2 Å². The van der Waals surface area contributed by atoms with Gasteiger partial charge in [-0.25, -0.2) is 0 Å². The van der Waals surface area contributed by atoms with E-state index < -0.39 is 0 Å². The van der Waals surface area contributed by atoms with Crippen molar-refractivity contribution in [1.29, 1.82) is 0 Å². The van der Waals surface area contributed by atoms with E-state index in [-0.39, 0.29) is 62.1 Å². The molecule has 13 rings (SSSR count). The Hall–Kier alpha value is -4.70. The second-order valence-corrected chi connectivity index (χ2v) is 31.2. The zero-order valence-corrected chi connectivity index (χ0v) is 49.9. The number of rotatable bonds is 4. The summed E-state index contributed by atoms with van der Waals surface area (Å²) in [4.78, 5) is 5.82. The molecular formula is C72H91BN2O. The molecule has 76 heavy (non-hydrogen) atoms. The van der Waals surface area contributed by atoms with Crippen LogP contribution < -0.4 is 26.2 Å². The summed E-state index contributed by atoms with van der Waals surface area (Å²) in [7, 11) is 0. The van der Waals surface area contributed by atoms with Gasteiger partial charge in [0.15, 0.2) is 5.88 Å². The van der Waals surface area contributed by atoms with Gasteiger partial charge in [0.1, 0.15) is 5.76 Å². The molecule has 0 spiro atoms. The molecule has 4 heteroatoms. The van der Waals surface area contributed by atoms with E-state index in [1.54, 1.807) is 39.0 Å². The monoisotopic (exact) mass is 1010 g/mol. The van der Waals surface area contributed by atoms with Crippen molar-refractivity contribution in [2.75, 3.05) is 9.80 Å². The molecule has 3 nitrogen and oxygen atoms in total. The third-order valence-corrected chi connectivity index (χ3v) is 22.5. The minimum Gasteiger partial charge on any atom is -0.445 e. The SMILES string of the molecule is CC1(C)CCC(C)(C)C2=C1C=CC(N1c3cc(C4=CC=CCC4)cc4c3B(c3cc5c(cc3N4C3CC4=C(C=C3C3=CC=CCC3)C(C)(C)CCC4(C)C)C(C)(C)CCC5(C)C)c3c1oc1c3C(C)(C)CCC1(C)C)C2. The summed E-state index contributed by atoms with van der Waals surface area (Å²) in [6.45, 7) is 40.5. The van der Waals surface area contributed by atoms with Crippen LogP contribution >= 0.6 is 0 Å². The van der Waals surface area contributed by atoms with Gasteiger partial charge in [0.2, 0.25) is 0 Å². The fourth-order valence-corrected chi connectivity index (χ4v) is 17.0. The van der Waals surface area contributed by atoms with Crippen LogP contribution in [0.25, 0.3) is 5.57 Å². The first-order valence-electron chi connectivity index (χ1n) is 30.4. The molecule has 3 heterocycles. The normalized spacial score (nSPS) is 28.0. The van der Waals surface area contributed by atoms with Gasteiger partial charge in [-0.2, -0.15) is 0 Å². The Labute approximate surface area is 460 Å². The lowest BCUT2D eigenvalue weighted by Gasteiger charge is -2.53. The van der Waals surface area contributed by atoms with Crippen LogP contribution in [-0.2, 0) is 21.7 Å². The highest BCUT2D eigenvalue weighted by atomic mass is 16.4. The number of benzene rings is 2. The number of hydrogen-bond acceptors (Lipinski definition) is 3. The second kappa shape index (κ2) is 16.4. The van der Waals surface area contributed by atoms with Gasteiger partial charge in [0.05, 0.1) is 12.1 Å². The summed E-state index contributed by atoms with van der Waals surface area (Å²) in [5, 5.41) is 0. The van der Waals surface area contributed by atoms with E-state index >= 15 is 0 Å².